The fraction of sp³-hybridized carbons (Fsp3) is 0.533. The summed E-state index contributed by atoms with van der Waals surface area (Å²) >= 11 is 0. The monoisotopic (exact) mass is 326 g/mol. The van der Waals surface area contributed by atoms with Crippen LogP contribution in [0, 0.1) is 11.7 Å². The molecule has 0 spiro atoms. The van der Waals surface area contributed by atoms with Crippen LogP contribution in [0.2, 0.25) is 0 Å². The highest BCUT2D eigenvalue weighted by Gasteiger charge is 2.35. The Bertz CT molecular complexity index is 665. The maximum Gasteiger partial charge on any atom is 0.245 e. The van der Waals surface area contributed by atoms with Crippen LogP contribution in [0.15, 0.2) is 29.2 Å². The molecule has 0 saturated carbocycles. The molecule has 5 nitrogen and oxygen atoms in total. The van der Waals surface area contributed by atoms with Crippen molar-refractivity contribution in [1.29, 1.82) is 0 Å². The summed E-state index contributed by atoms with van der Waals surface area (Å²) in [4.78, 5) is 13.7. The lowest BCUT2D eigenvalue weighted by molar-refractivity contribution is -0.140. The first kappa shape index (κ1) is 15.4. The standard InChI is InChI=1S/C15H19FN2O3S/c16-13-4-1-2-5-14(13)22(20,21)18-10-6-12(7-11-18)15(19)17-8-3-9-17/h1-2,4-5,12H,3,6-11H2. The number of carbonyl (C=O) groups excluding carboxylic acids is 1. The number of halogens is 1. The predicted octanol–water partition coefficient (Wildman–Crippen LogP) is 1.46. The first-order chi connectivity index (χ1) is 10.5. The van der Waals surface area contributed by atoms with Gasteiger partial charge in [-0.2, -0.15) is 4.31 Å². The fourth-order valence-corrected chi connectivity index (χ4v) is 4.47. The highest BCUT2D eigenvalue weighted by atomic mass is 32.2. The molecule has 0 unspecified atom stereocenters. The Hall–Kier alpha value is -1.47. The molecule has 2 heterocycles. The summed E-state index contributed by atoms with van der Waals surface area (Å²) in [6.45, 7) is 2.15. The molecule has 1 aromatic carbocycles. The van der Waals surface area contributed by atoms with Crippen molar-refractivity contribution in [2.45, 2.75) is 24.2 Å². The molecule has 2 saturated heterocycles. The molecular formula is C15H19FN2O3S. The summed E-state index contributed by atoms with van der Waals surface area (Å²) in [6, 6.07) is 5.40. The Labute approximate surface area is 129 Å². The van der Waals surface area contributed by atoms with E-state index in [-0.39, 0.29) is 29.8 Å². The number of rotatable bonds is 3. The minimum Gasteiger partial charge on any atom is -0.342 e. The summed E-state index contributed by atoms with van der Waals surface area (Å²) in [5.74, 6) is -0.706. The topological polar surface area (TPSA) is 57.7 Å². The minimum absolute atomic E-state index is 0.104. The Balaban J connectivity index is 1.68. The summed E-state index contributed by atoms with van der Waals surface area (Å²) in [6.07, 6.45) is 2.05. The zero-order chi connectivity index (χ0) is 15.7. The van der Waals surface area contributed by atoms with E-state index in [0.29, 0.717) is 12.8 Å². The lowest BCUT2D eigenvalue weighted by atomic mass is 9.95. The second-order valence-corrected chi connectivity index (χ2v) is 7.69. The van der Waals surface area contributed by atoms with Crippen molar-refractivity contribution in [3.8, 4) is 0 Å². The SMILES string of the molecule is O=C(C1CCN(S(=O)(=O)c2ccccc2F)CC1)N1CCC1. The number of nitrogens with zero attached hydrogens (tertiary/aromatic N) is 2. The molecular weight excluding hydrogens is 307 g/mol. The van der Waals surface area contributed by atoms with Gasteiger partial charge in [0.2, 0.25) is 15.9 Å². The third-order valence-corrected chi connectivity index (χ3v) is 6.36. The number of likely N-dealkylation sites (tertiary alicyclic amines) is 1. The zero-order valence-electron chi connectivity index (χ0n) is 12.2. The van der Waals surface area contributed by atoms with Gasteiger partial charge in [-0.25, -0.2) is 12.8 Å². The lowest BCUT2D eigenvalue weighted by Crippen LogP contribution is -2.48. The second-order valence-electron chi connectivity index (χ2n) is 5.79. The highest BCUT2D eigenvalue weighted by molar-refractivity contribution is 7.89. The molecule has 0 aliphatic carbocycles. The van der Waals surface area contributed by atoms with E-state index in [1.165, 1.54) is 22.5 Å². The molecule has 0 N–H and O–H groups in total. The third kappa shape index (κ3) is 2.75. The smallest absolute Gasteiger partial charge is 0.245 e. The van der Waals surface area contributed by atoms with E-state index in [1.807, 2.05) is 4.90 Å². The molecule has 2 aliphatic rings. The largest absolute Gasteiger partial charge is 0.342 e. The van der Waals surface area contributed by atoms with Crippen molar-refractivity contribution in [2.75, 3.05) is 26.2 Å². The van der Waals surface area contributed by atoms with Crippen molar-refractivity contribution >= 4 is 15.9 Å². The summed E-state index contributed by atoms with van der Waals surface area (Å²) in [7, 11) is -3.82. The maximum absolute atomic E-state index is 13.7. The van der Waals surface area contributed by atoms with Crippen LogP contribution in [-0.2, 0) is 14.8 Å². The molecule has 22 heavy (non-hydrogen) atoms. The Morgan fingerprint density at radius 1 is 1.09 bits per heavy atom. The van der Waals surface area contributed by atoms with E-state index >= 15 is 0 Å². The van der Waals surface area contributed by atoms with Crippen LogP contribution in [0.1, 0.15) is 19.3 Å². The third-order valence-electron chi connectivity index (χ3n) is 4.43. The first-order valence-electron chi connectivity index (χ1n) is 7.53. The average molecular weight is 326 g/mol. The van der Waals surface area contributed by atoms with Gasteiger partial charge in [-0.3, -0.25) is 4.79 Å². The van der Waals surface area contributed by atoms with Gasteiger partial charge in [0.25, 0.3) is 0 Å². The van der Waals surface area contributed by atoms with Gasteiger partial charge in [-0.15, -0.1) is 0 Å². The van der Waals surface area contributed by atoms with Gasteiger partial charge in [0.15, 0.2) is 0 Å². The van der Waals surface area contributed by atoms with E-state index in [4.69, 9.17) is 0 Å². The molecule has 120 valence electrons. The predicted molar refractivity (Wildman–Crippen MR) is 79.1 cm³/mol. The Morgan fingerprint density at radius 2 is 1.73 bits per heavy atom. The van der Waals surface area contributed by atoms with Crippen LogP contribution >= 0.6 is 0 Å². The van der Waals surface area contributed by atoms with E-state index in [1.54, 1.807) is 0 Å². The van der Waals surface area contributed by atoms with Gasteiger partial charge in [-0.05, 0) is 31.4 Å². The van der Waals surface area contributed by atoms with E-state index in [9.17, 15) is 17.6 Å². The molecule has 0 atom stereocenters. The van der Waals surface area contributed by atoms with Crippen molar-refractivity contribution in [2.24, 2.45) is 5.92 Å². The number of hydrogen-bond donors (Lipinski definition) is 0. The zero-order valence-corrected chi connectivity index (χ0v) is 13.1. The Morgan fingerprint density at radius 3 is 2.27 bits per heavy atom. The average Bonchev–Trinajstić information content (AvgIpc) is 2.46. The lowest BCUT2D eigenvalue weighted by Gasteiger charge is -2.37. The van der Waals surface area contributed by atoms with Gasteiger partial charge in [0.05, 0.1) is 0 Å². The summed E-state index contributed by atoms with van der Waals surface area (Å²) in [5.41, 5.74) is 0. The highest BCUT2D eigenvalue weighted by Crippen LogP contribution is 2.27. The van der Waals surface area contributed by atoms with Crippen LogP contribution in [0.3, 0.4) is 0 Å². The molecule has 2 aliphatic heterocycles. The molecule has 3 rings (SSSR count). The van der Waals surface area contributed by atoms with Crippen LogP contribution in [0.5, 0.6) is 0 Å². The quantitative estimate of drug-likeness (QED) is 0.845. The Kier molecular flexibility index (Phi) is 4.18. The van der Waals surface area contributed by atoms with Crippen LogP contribution in [0.25, 0.3) is 0 Å². The van der Waals surface area contributed by atoms with E-state index in [2.05, 4.69) is 0 Å². The molecule has 1 aromatic rings. The maximum atomic E-state index is 13.7. The summed E-state index contributed by atoms with van der Waals surface area (Å²) in [5, 5.41) is 0. The number of sulfonamides is 1. The number of hydrogen-bond acceptors (Lipinski definition) is 3. The van der Waals surface area contributed by atoms with Crippen LogP contribution in [-0.4, -0.2) is 49.7 Å². The molecule has 0 radical (unpaired) electrons. The number of piperidine rings is 1. The van der Waals surface area contributed by atoms with Crippen molar-refractivity contribution in [1.82, 2.24) is 9.21 Å². The molecule has 0 aromatic heterocycles. The van der Waals surface area contributed by atoms with Crippen LogP contribution in [0.4, 0.5) is 4.39 Å². The van der Waals surface area contributed by atoms with Gasteiger partial charge in [0, 0.05) is 32.1 Å². The molecule has 1 amide bonds. The van der Waals surface area contributed by atoms with Gasteiger partial charge in [-0.1, -0.05) is 12.1 Å². The van der Waals surface area contributed by atoms with Crippen molar-refractivity contribution < 1.29 is 17.6 Å². The van der Waals surface area contributed by atoms with Gasteiger partial charge in [0.1, 0.15) is 10.7 Å². The fourth-order valence-electron chi connectivity index (χ4n) is 2.93. The minimum atomic E-state index is -3.82. The van der Waals surface area contributed by atoms with E-state index in [0.717, 1.165) is 25.6 Å². The number of carbonyl (C=O) groups is 1. The number of amides is 1. The van der Waals surface area contributed by atoms with Crippen molar-refractivity contribution in [3.05, 3.63) is 30.1 Å². The molecule has 2 fully saturated rings. The number of benzene rings is 1. The second kappa shape index (κ2) is 5.96. The normalized spacial score (nSPS) is 20.7. The summed E-state index contributed by atoms with van der Waals surface area (Å²) < 4.78 is 40.0. The van der Waals surface area contributed by atoms with Crippen LogP contribution < -0.4 is 0 Å². The van der Waals surface area contributed by atoms with Crippen molar-refractivity contribution in [3.63, 3.8) is 0 Å². The van der Waals surface area contributed by atoms with Gasteiger partial charge >= 0.3 is 0 Å². The first-order valence-corrected chi connectivity index (χ1v) is 8.97. The molecule has 7 heteroatoms. The molecule has 0 bridgehead atoms. The van der Waals surface area contributed by atoms with Gasteiger partial charge < -0.3 is 4.90 Å². The van der Waals surface area contributed by atoms with E-state index < -0.39 is 15.8 Å².